The van der Waals surface area contributed by atoms with Crippen LogP contribution >= 0.6 is 0 Å². The van der Waals surface area contributed by atoms with Crippen LogP contribution < -0.4 is 14.8 Å². The fourth-order valence-corrected chi connectivity index (χ4v) is 4.93. The van der Waals surface area contributed by atoms with E-state index in [-0.39, 0.29) is 17.7 Å². The van der Waals surface area contributed by atoms with Crippen LogP contribution in [-0.4, -0.2) is 48.3 Å². The number of rotatable bonds is 7. The van der Waals surface area contributed by atoms with Crippen LogP contribution in [0, 0.1) is 0 Å². The summed E-state index contributed by atoms with van der Waals surface area (Å²) in [6, 6.07) is 18.3. The highest BCUT2D eigenvalue weighted by molar-refractivity contribution is 5.93. The number of amides is 1. The van der Waals surface area contributed by atoms with Crippen LogP contribution in [0.4, 0.5) is 0 Å². The minimum atomic E-state index is -0.281. The third-order valence-corrected chi connectivity index (χ3v) is 6.83. The summed E-state index contributed by atoms with van der Waals surface area (Å²) in [7, 11) is 3.85. The Hall–Kier alpha value is -3.32. The number of nitrogens with one attached hydrogen (secondary N) is 1. The van der Waals surface area contributed by atoms with Crippen molar-refractivity contribution in [3.05, 3.63) is 65.9 Å². The van der Waals surface area contributed by atoms with Crippen molar-refractivity contribution in [1.82, 2.24) is 15.4 Å². The Morgan fingerprint density at radius 3 is 2.58 bits per heavy atom. The van der Waals surface area contributed by atoms with Gasteiger partial charge in [-0.15, -0.1) is 0 Å². The lowest BCUT2D eigenvalue weighted by atomic mass is 10.0. The summed E-state index contributed by atoms with van der Waals surface area (Å²) in [6.45, 7) is 0.388. The van der Waals surface area contributed by atoms with Gasteiger partial charge in [-0.3, -0.25) is 4.79 Å². The predicted molar refractivity (Wildman–Crippen MR) is 124 cm³/mol. The zero-order chi connectivity index (χ0) is 22.8. The monoisotopic (exact) mass is 447 g/mol. The van der Waals surface area contributed by atoms with E-state index in [1.807, 2.05) is 48.5 Å². The van der Waals surface area contributed by atoms with Crippen molar-refractivity contribution >= 4 is 5.91 Å². The van der Waals surface area contributed by atoms with E-state index in [9.17, 15) is 4.79 Å². The molecule has 3 heterocycles. The standard InChI is InChI=1S/C26H29N3O4/c1-29-19-8-9-20(29)14-23(13-19)32-22-5-3-4-17(12-22)16-27-26(30)24-15-25(33-28-24)18-6-10-21(31-2)11-7-18/h3-7,10-12,15,19-20,23H,8-9,13-14,16H2,1-2H3,(H,27,30)/t19-,20+,23?. The predicted octanol–water partition coefficient (Wildman–Crippen LogP) is 4.28. The molecular weight excluding hydrogens is 418 g/mol. The van der Waals surface area contributed by atoms with Gasteiger partial charge in [0.2, 0.25) is 0 Å². The highest BCUT2D eigenvalue weighted by atomic mass is 16.5. The molecule has 3 atom stereocenters. The lowest BCUT2D eigenvalue weighted by molar-refractivity contribution is 0.0661. The lowest BCUT2D eigenvalue weighted by Crippen LogP contribution is -2.43. The summed E-state index contributed by atoms with van der Waals surface area (Å²) in [5.74, 6) is 1.87. The number of hydrogen-bond donors (Lipinski definition) is 1. The Morgan fingerprint density at radius 1 is 1.09 bits per heavy atom. The van der Waals surface area contributed by atoms with Gasteiger partial charge in [-0.1, -0.05) is 17.3 Å². The van der Waals surface area contributed by atoms with Gasteiger partial charge in [0.25, 0.3) is 5.91 Å². The Kier molecular flexibility index (Phi) is 6.05. The van der Waals surface area contributed by atoms with Gasteiger partial charge < -0.3 is 24.2 Å². The maximum absolute atomic E-state index is 12.6. The maximum Gasteiger partial charge on any atom is 0.273 e. The normalized spacial score (nSPS) is 22.2. The molecule has 2 bridgehead atoms. The minimum absolute atomic E-state index is 0.245. The zero-order valence-corrected chi connectivity index (χ0v) is 19.0. The van der Waals surface area contributed by atoms with Gasteiger partial charge in [0.1, 0.15) is 17.6 Å². The van der Waals surface area contributed by atoms with Crippen molar-refractivity contribution in [2.45, 2.75) is 50.4 Å². The Labute approximate surface area is 193 Å². The lowest BCUT2D eigenvalue weighted by Gasteiger charge is -2.36. The second kappa shape index (κ2) is 9.27. The molecule has 172 valence electrons. The molecule has 2 aliphatic heterocycles. The van der Waals surface area contributed by atoms with Crippen LogP contribution in [0.2, 0.25) is 0 Å². The van der Waals surface area contributed by atoms with E-state index < -0.39 is 0 Å². The van der Waals surface area contributed by atoms with E-state index in [2.05, 4.69) is 22.4 Å². The molecule has 2 saturated heterocycles. The zero-order valence-electron chi connectivity index (χ0n) is 19.0. The topological polar surface area (TPSA) is 76.8 Å². The molecule has 1 N–H and O–H groups in total. The molecule has 2 aliphatic rings. The van der Waals surface area contributed by atoms with Crippen LogP contribution in [-0.2, 0) is 6.54 Å². The van der Waals surface area contributed by atoms with Crippen LogP contribution in [0.5, 0.6) is 11.5 Å². The van der Waals surface area contributed by atoms with Gasteiger partial charge in [-0.2, -0.15) is 0 Å². The van der Waals surface area contributed by atoms with E-state index in [4.69, 9.17) is 14.0 Å². The quantitative estimate of drug-likeness (QED) is 0.583. The smallest absolute Gasteiger partial charge is 0.273 e. The number of benzene rings is 2. The second-order valence-electron chi connectivity index (χ2n) is 8.90. The van der Waals surface area contributed by atoms with Crippen molar-refractivity contribution in [2.75, 3.05) is 14.2 Å². The fourth-order valence-electron chi connectivity index (χ4n) is 4.93. The molecule has 1 aromatic heterocycles. The molecular formula is C26H29N3O4. The van der Waals surface area contributed by atoms with Crippen molar-refractivity contribution in [3.63, 3.8) is 0 Å². The molecule has 0 radical (unpaired) electrons. The number of nitrogens with zero attached hydrogens (tertiary/aromatic N) is 2. The van der Waals surface area contributed by atoms with E-state index >= 15 is 0 Å². The molecule has 1 unspecified atom stereocenters. The molecule has 1 amide bonds. The van der Waals surface area contributed by atoms with Crippen LogP contribution in [0.15, 0.2) is 59.1 Å². The molecule has 2 fully saturated rings. The number of methoxy groups -OCH3 is 1. The van der Waals surface area contributed by atoms with Gasteiger partial charge >= 0.3 is 0 Å². The molecule has 7 heteroatoms. The molecule has 2 aromatic carbocycles. The van der Waals surface area contributed by atoms with Crippen molar-refractivity contribution in [1.29, 1.82) is 0 Å². The number of fused-ring (bicyclic) bond motifs is 2. The fraction of sp³-hybridized carbons (Fsp3) is 0.385. The van der Waals surface area contributed by atoms with E-state index in [0.29, 0.717) is 24.4 Å². The van der Waals surface area contributed by atoms with Crippen molar-refractivity contribution in [2.24, 2.45) is 0 Å². The van der Waals surface area contributed by atoms with Crippen LogP contribution in [0.3, 0.4) is 0 Å². The molecule has 33 heavy (non-hydrogen) atoms. The van der Waals surface area contributed by atoms with Crippen LogP contribution in [0.25, 0.3) is 11.3 Å². The largest absolute Gasteiger partial charge is 0.497 e. The first-order chi connectivity index (χ1) is 16.1. The summed E-state index contributed by atoms with van der Waals surface area (Å²) >= 11 is 0. The third kappa shape index (κ3) is 4.73. The number of piperidine rings is 1. The molecule has 5 rings (SSSR count). The number of ether oxygens (including phenoxy) is 2. The third-order valence-electron chi connectivity index (χ3n) is 6.83. The van der Waals surface area contributed by atoms with Gasteiger partial charge in [-0.05, 0) is 74.7 Å². The first kappa shape index (κ1) is 21.5. The summed E-state index contributed by atoms with van der Waals surface area (Å²) in [4.78, 5) is 15.1. The second-order valence-corrected chi connectivity index (χ2v) is 8.90. The number of carbonyl (C=O) groups excluding carboxylic acids is 1. The summed E-state index contributed by atoms with van der Waals surface area (Å²) < 4.78 is 16.8. The summed E-state index contributed by atoms with van der Waals surface area (Å²) in [5.41, 5.74) is 2.06. The molecule has 0 aliphatic carbocycles. The van der Waals surface area contributed by atoms with Gasteiger partial charge in [-0.25, -0.2) is 0 Å². The summed E-state index contributed by atoms with van der Waals surface area (Å²) in [5, 5.41) is 6.84. The SMILES string of the molecule is COc1ccc(-c2cc(C(=O)NCc3cccc(OC4C[C@H]5CC[C@@H](C4)N5C)c3)no2)cc1. The Balaban J connectivity index is 1.17. The van der Waals surface area contributed by atoms with Gasteiger partial charge in [0, 0.05) is 30.3 Å². The average Bonchev–Trinajstić information content (AvgIpc) is 3.40. The minimum Gasteiger partial charge on any atom is -0.497 e. The van der Waals surface area contributed by atoms with Crippen molar-refractivity contribution < 1.29 is 18.8 Å². The van der Waals surface area contributed by atoms with Crippen molar-refractivity contribution in [3.8, 4) is 22.8 Å². The number of carbonyl (C=O) groups is 1. The maximum atomic E-state index is 12.6. The number of hydrogen-bond acceptors (Lipinski definition) is 6. The molecule has 0 saturated carbocycles. The molecule has 3 aromatic rings. The number of aromatic nitrogens is 1. The average molecular weight is 448 g/mol. The van der Waals surface area contributed by atoms with Gasteiger partial charge in [0.05, 0.1) is 7.11 Å². The van der Waals surface area contributed by atoms with E-state index in [1.165, 1.54) is 12.8 Å². The Bertz CT molecular complexity index is 1100. The Morgan fingerprint density at radius 2 is 1.85 bits per heavy atom. The first-order valence-electron chi connectivity index (χ1n) is 11.5. The van der Waals surface area contributed by atoms with E-state index in [1.54, 1.807) is 13.2 Å². The molecule has 0 spiro atoms. The highest BCUT2D eigenvalue weighted by Gasteiger charge is 2.39. The molecule has 7 nitrogen and oxygen atoms in total. The van der Waals surface area contributed by atoms with E-state index in [0.717, 1.165) is 35.5 Å². The first-order valence-corrected chi connectivity index (χ1v) is 11.5. The van der Waals surface area contributed by atoms with Crippen LogP contribution in [0.1, 0.15) is 41.7 Å². The summed E-state index contributed by atoms with van der Waals surface area (Å²) in [6.07, 6.45) is 4.97. The highest BCUT2D eigenvalue weighted by Crippen LogP contribution is 2.36. The van der Waals surface area contributed by atoms with Gasteiger partial charge in [0.15, 0.2) is 11.5 Å².